The number of halogens is 3. The highest BCUT2D eigenvalue weighted by molar-refractivity contribution is 6.04. The highest BCUT2D eigenvalue weighted by Crippen LogP contribution is 2.38. The van der Waals surface area contributed by atoms with Gasteiger partial charge in [-0.15, -0.1) is 23.4 Å². The van der Waals surface area contributed by atoms with Crippen molar-refractivity contribution in [3.63, 3.8) is 0 Å². The van der Waals surface area contributed by atoms with Crippen LogP contribution in [0.25, 0.3) is 11.3 Å². The molecule has 0 bridgehead atoms. The maximum Gasteiger partial charge on any atom is 0.573 e. The molecule has 1 aromatic carbocycles. The molecule has 0 aliphatic rings. The first-order chi connectivity index (χ1) is 18.0. The van der Waals surface area contributed by atoms with Gasteiger partial charge in [-0.3, -0.25) is 4.79 Å². The van der Waals surface area contributed by atoms with Crippen LogP contribution in [0.2, 0.25) is 0 Å². The van der Waals surface area contributed by atoms with Gasteiger partial charge in [-0.25, -0.2) is 0 Å². The molecule has 1 aromatic heterocycles. The number of hydrogen-bond acceptors (Lipinski definition) is 7. The van der Waals surface area contributed by atoms with Gasteiger partial charge in [-0.05, 0) is 42.9 Å². The molecule has 2 N–H and O–H groups in total. The molecule has 10 heteroatoms. The third kappa shape index (κ3) is 9.15. The number of carbonyl (C=O) groups excluding carboxylic acids is 1. The fraction of sp³-hybridized carbons (Fsp3) is 0.607. The second kappa shape index (κ2) is 14.9. The molecule has 0 saturated heterocycles. The van der Waals surface area contributed by atoms with E-state index in [1.807, 2.05) is 0 Å². The first kappa shape index (κ1) is 31.3. The second-order valence-electron chi connectivity index (χ2n) is 9.74. The summed E-state index contributed by atoms with van der Waals surface area (Å²) < 4.78 is 47.1. The minimum absolute atomic E-state index is 0.133. The summed E-state index contributed by atoms with van der Waals surface area (Å²) in [5.74, 6) is -0.696. The first-order valence-electron chi connectivity index (χ1n) is 13.3. The Bertz CT molecular complexity index is 1040. The van der Waals surface area contributed by atoms with Gasteiger partial charge in [0.1, 0.15) is 17.2 Å². The first-order valence-corrected chi connectivity index (χ1v) is 13.3. The average molecular weight is 540 g/mol. The number of hydrogen-bond donors (Lipinski definition) is 2. The minimum Gasteiger partial charge on any atom is -0.507 e. The second-order valence-corrected chi connectivity index (χ2v) is 9.74. The molecule has 0 aliphatic carbocycles. The summed E-state index contributed by atoms with van der Waals surface area (Å²) >= 11 is 0. The van der Waals surface area contributed by atoms with E-state index in [1.165, 1.54) is 12.5 Å². The van der Waals surface area contributed by atoms with Gasteiger partial charge in [-0.2, -0.15) is 0 Å². The molecule has 2 aromatic rings. The summed E-state index contributed by atoms with van der Waals surface area (Å²) in [6, 6.07) is 3.26. The lowest BCUT2D eigenvalue weighted by Gasteiger charge is -2.21. The van der Waals surface area contributed by atoms with Crippen LogP contribution in [0.1, 0.15) is 82.1 Å². The van der Waals surface area contributed by atoms with Gasteiger partial charge >= 0.3 is 6.36 Å². The topological polar surface area (TPSA) is 93.6 Å². The number of aromatic hydroxyl groups is 1. The monoisotopic (exact) mass is 539 g/mol. The fourth-order valence-corrected chi connectivity index (χ4v) is 4.29. The number of alkyl halides is 3. The van der Waals surface area contributed by atoms with Crippen molar-refractivity contribution in [2.24, 2.45) is 11.8 Å². The minimum atomic E-state index is -4.89. The number of carbonyl (C=O) groups is 1. The maximum absolute atomic E-state index is 13.5. The van der Waals surface area contributed by atoms with Crippen molar-refractivity contribution in [1.29, 1.82) is 0 Å². The molecular weight excluding hydrogens is 499 g/mol. The Morgan fingerprint density at radius 3 is 2.45 bits per heavy atom. The van der Waals surface area contributed by atoms with Crippen LogP contribution < -0.4 is 10.1 Å². The van der Waals surface area contributed by atoms with Gasteiger partial charge in [0.05, 0.1) is 5.56 Å². The standard InChI is InChI=1S/C28H40F3N3O4/c1-6-8-9-11-19(7-2)17-32-27-24(26(36)18(3)4)22(12-10-15-37-5)25(33-34-27)21-14-13-20(16-23(21)35)38-28(29,30)31/h13-14,16,18-19,35H,6-12,15,17H2,1-5H3,(H,32,34). The number of methoxy groups -OCH3 is 1. The number of anilines is 1. The van der Waals surface area contributed by atoms with Crippen molar-refractivity contribution < 1.29 is 32.5 Å². The average Bonchev–Trinajstić information content (AvgIpc) is 2.85. The zero-order valence-corrected chi connectivity index (χ0v) is 23.0. The highest BCUT2D eigenvalue weighted by Gasteiger charge is 2.32. The van der Waals surface area contributed by atoms with E-state index < -0.39 is 17.9 Å². The number of nitrogens with zero attached hydrogens (tertiary/aromatic N) is 2. The predicted molar refractivity (Wildman–Crippen MR) is 142 cm³/mol. The fourth-order valence-electron chi connectivity index (χ4n) is 4.29. The summed E-state index contributed by atoms with van der Waals surface area (Å²) in [5.41, 5.74) is 1.35. The van der Waals surface area contributed by atoms with Crippen LogP contribution in [0.5, 0.6) is 11.5 Å². The highest BCUT2D eigenvalue weighted by atomic mass is 19.4. The third-order valence-electron chi connectivity index (χ3n) is 6.43. The Kier molecular flexibility index (Phi) is 12.3. The van der Waals surface area contributed by atoms with Gasteiger partial charge in [0, 0.05) is 37.8 Å². The maximum atomic E-state index is 13.5. The lowest BCUT2D eigenvalue weighted by atomic mass is 9.91. The number of nitrogens with one attached hydrogen (secondary N) is 1. The molecule has 0 saturated carbocycles. The normalized spacial score (nSPS) is 12.6. The molecule has 1 heterocycles. The summed E-state index contributed by atoms with van der Waals surface area (Å²) in [6.07, 6.45) is 1.57. The number of unbranched alkanes of at least 4 members (excludes halogenated alkanes) is 2. The van der Waals surface area contributed by atoms with E-state index in [1.54, 1.807) is 21.0 Å². The Balaban J connectivity index is 2.56. The molecule has 7 nitrogen and oxygen atoms in total. The number of aromatic nitrogens is 2. The number of ketones is 1. The van der Waals surface area contributed by atoms with Crippen molar-refractivity contribution in [2.75, 3.05) is 25.6 Å². The van der Waals surface area contributed by atoms with E-state index in [4.69, 9.17) is 4.74 Å². The Morgan fingerprint density at radius 2 is 1.87 bits per heavy atom. The molecule has 2 rings (SSSR count). The summed E-state index contributed by atoms with van der Waals surface area (Å²) in [5, 5.41) is 22.7. The van der Waals surface area contributed by atoms with E-state index in [0.717, 1.165) is 37.8 Å². The van der Waals surface area contributed by atoms with Crippen LogP contribution in [0.4, 0.5) is 19.0 Å². The van der Waals surface area contributed by atoms with Crippen LogP contribution in [-0.2, 0) is 11.2 Å². The summed E-state index contributed by atoms with van der Waals surface area (Å²) in [4.78, 5) is 13.5. The molecular formula is C28H40F3N3O4. The van der Waals surface area contributed by atoms with Crippen molar-refractivity contribution >= 4 is 11.6 Å². The summed E-state index contributed by atoms with van der Waals surface area (Å²) in [6.45, 7) is 8.97. The Hall–Kier alpha value is -2.88. The van der Waals surface area contributed by atoms with Crippen molar-refractivity contribution in [2.45, 2.75) is 79.0 Å². The van der Waals surface area contributed by atoms with Gasteiger partial charge in [0.15, 0.2) is 11.6 Å². The third-order valence-corrected chi connectivity index (χ3v) is 6.43. The Morgan fingerprint density at radius 1 is 1.13 bits per heavy atom. The van der Waals surface area contributed by atoms with Crippen LogP contribution in [-0.4, -0.2) is 47.7 Å². The zero-order chi connectivity index (χ0) is 28.3. The predicted octanol–water partition coefficient (Wildman–Crippen LogP) is 7.18. The number of benzene rings is 1. The van der Waals surface area contributed by atoms with Gasteiger partial charge in [0.2, 0.25) is 0 Å². The zero-order valence-electron chi connectivity index (χ0n) is 23.0. The SMILES string of the molecule is CCCCCC(CC)CNc1nnc(-c2ccc(OC(F)(F)F)cc2O)c(CCCOC)c1C(=O)C(C)C. The smallest absolute Gasteiger partial charge is 0.507 e. The number of phenolic OH excluding ortho intramolecular Hbond substituents is 1. The molecule has 0 fully saturated rings. The molecule has 212 valence electrons. The van der Waals surface area contributed by atoms with Crippen LogP contribution >= 0.6 is 0 Å². The number of Topliss-reactive ketones (excluding diaryl/α,β-unsaturated/α-hetero) is 1. The van der Waals surface area contributed by atoms with E-state index in [-0.39, 0.29) is 23.0 Å². The van der Waals surface area contributed by atoms with Crippen LogP contribution in [0, 0.1) is 11.8 Å². The molecule has 38 heavy (non-hydrogen) atoms. The van der Waals surface area contributed by atoms with E-state index in [9.17, 15) is 23.1 Å². The lowest BCUT2D eigenvalue weighted by Crippen LogP contribution is -2.21. The number of ether oxygens (including phenoxy) is 2. The Labute approximate surface area is 223 Å². The van der Waals surface area contributed by atoms with Crippen molar-refractivity contribution in [3.05, 3.63) is 29.3 Å². The number of rotatable bonds is 16. The molecule has 0 aliphatic heterocycles. The van der Waals surface area contributed by atoms with E-state index in [0.29, 0.717) is 48.9 Å². The van der Waals surface area contributed by atoms with Gasteiger partial charge in [0.25, 0.3) is 0 Å². The van der Waals surface area contributed by atoms with Crippen LogP contribution in [0.3, 0.4) is 0 Å². The van der Waals surface area contributed by atoms with Crippen molar-refractivity contribution in [1.82, 2.24) is 10.2 Å². The number of phenols is 1. The van der Waals surface area contributed by atoms with Gasteiger partial charge < -0.3 is 19.9 Å². The van der Waals surface area contributed by atoms with E-state index >= 15 is 0 Å². The summed E-state index contributed by atoms with van der Waals surface area (Å²) in [7, 11) is 1.58. The quantitative estimate of drug-likeness (QED) is 0.172. The molecule has 0 radical (unpaired) electrons. The molecule has 1 atom stereocenters. The largest absolute Gasteiger partial charge is 0.573 e. The van der Waals surface area contributed by atoms with Crippen molar-refractivity contribution in [3.8, 4) is 22.8 Å². The molecule has 0 spiro atoms. The van der Waals surface area contributed by atoms with Gasteiger partial charge in [-0.1, -0.05) is 53.4 Å². The lowest BCUT2D eigenvalue weighted by molar-refractivity contribution is -0.274. The molecule has 1 unspecified atom stereocenters. The van der Waals surface area contributed by atoms with Crippen LogP contribution in [0.15, 0.2) is 18.2 Å². The van der Waals surface area contributed by atoms with E-state index in [2.05, 4.69) is 34.1 Å². The molecule has 0 amide bonds.